The standard InChI is InChI=1S/C23H23N7O2/c1-4-29(5-2)16-9-10-17(15(3)14-16)25-21-20(19(32)11-13-31)28-30-22(26-27-23(21)30)18-8-6-7-12-24-18/h6-10,12,14,19,31-32H,4-5H2,1-3H3. The van der Waals surface area contributed by atoms with E-state index in [0.717, 1.165) is 24.3 Å². The Morgan fingerprint density at radius 1 is 1.12 bits per heavy atom. The Morgan fingerprint density at radius 3 is 2.56 bits per heavy atom. The summed E-state index contributed by atoms with van der Waals surface area (Å²) >= 11 is 0. The number of aryl methyl sites for hydroxylation is 1. The monoisotopic (exact) mass is 429 g/mol. The van der Waals surface area contributed by atoms with Gasteiger partial charge in [-0.1, -0.05) is 6.07 Å². The molecule has 0 bridgehead atoms. The Balaban J connectivity index is 1.81. The maximum atomic E-state index is 10.5. The van der Waals surface area contributed by atoms with Gasteiger partial charge in [-0.05, 0) is 62.6 Å². The molecule has 2 N–H and O–H groups in total. The first-order valence-corrected chi connectivity index (χ1v) is 10.3. The number of fused-ring (bicyclic) bond motifs is 1. The molecule has 1 aliphatic heterocycles. The molecule has 1 unspecified atom stereocenters. The first kappa shape index (κ1) is 21.2. The van der Waals surface area contributed by atoms with Crippen molar-refractivity contribution in [1.29, 1.82) is 0 Å². The van der Waals surface area contributed by atoms with Crippen molar-refractivity contribution in [3.05, 3.63) is 54.0 Å². The van der Waals surface area contributed by atoms with E-state index in [1.54, 1.807) is 24.4 Å². The Kier molecular flexibility index (Phi) is 5.96. The Morgan fingerprint density at radius 2 is 1.91 bits per heavy atom. The van der Waals surface area contributed by atoms with Crippen LogP contribution in [0.2, 0.25) is 0 Å². The molecule has 3 aromatic rings. The highest BCUT2D eigenvalue weighted by Crippen LogP contribution is 2.28. The molecular weight excluding hydrogens is 406 g/mol. The minimum atomic E-state index is -1.34. The highest BCUT2D eigenvalue weighted by Gasteiger charge is 2.33. The van der Waals surface area contributed by atoms with Crippen LogP contribution in [0.5, 0.6) is 0 Å². The van der Waals surface area contributed by atoms with Crippen molar-refractivity contribution < 1.29 is 10.2 Å². The average molecular weight is 429 g/mol. The lowest BCUT2D eigenvalue weighted by Crippen LogP contribution is -2.26. The van der Waals surface area contributed by atoms with E-state index in [9.17, 15) is 5.11 Å². The number of rotatable bonds is 6. The minimum Gasteiger partial charge on any atom is -0.462 e. The van der Waals surface area contributed by atoms with Crippen molar-refractivity contribution in [3.63, 3.8) is 0 Å². The lowest BCUT2D eigenvalue weighted by molar-refractivity contribution is 0.298. The molecule has 0 spiro atoms. The van der Waals surface area contributed by atoms with Crippen LogP contribution in [-0.2, 0) is 0 Å². The zero-order valence-electron chi connectivity index (χ0n) is 18.1. The molecule has 32 heavy (non-hydrogen) atoms. The van der Waals surface area contributed by atoms with Crippen molar-refractivity contribution in [2.75, 3.05) is 18.0 Å². The third-order valence-corrected chi connectivity index (χ3v) is 5.20. The molecule has 4 rings (SSSR count). The van der Waals surface area contributed by atoms with E-state index < -0.39 is 6.10 Å². The molecule has 0 radical (unpaired) electrons. The molecule has 1 aliphatic rings. The highest BCUT2D eigenvalue weighted by atomic mass is 16.3. The van der Waals surface area contributed by atoms with E-state index in [1.807, 2.05) is 25.1 Å². The van der Waals surface area contributed by atoms with Crippen LogP contribution >= 0.6 is 0 Å². The number of hydrogen-bond donors (Lipinski definition) is 2. The van der Waals surface area contributed by atoms with Crippen LogP contribution in [0, 0.1) is 19.0 Å². The first-order valence-electron chi connectivity index (χ1n) is 10.3. The fourth-order valence-corrected chi connectivity index (χ4v) is 3.54. The lowest BCUT2D eigenvalue weighted by atomic mass is 10.1. The fraction of sp³-hybridized carbons (Fsp3) is 0.261. The largest absolute Gasteiger partial charge is 0.462 e. The molecular formula is C23H23N7O2. The van der Waals surface area contributed by atoms with Crippen LogP contribution in [-0.4, -0.2) is 60.7 Å². The van der Waals surface area contributed by atoms with Crippen molar-refractivity contribution in [1.82, 2.24) is 19.9 Å². The molecule has 0 fully saturated rings. The average Bonchev–Trinajstić information content (AvgIpc) is 3.37. The normalized spacial score (nSPS) is 14.5. The summed E-state index contributed by atoms with van der Waals surface area (Å²) in [5, 5.41) is 32.4. The second kappa shape index (κ2) is 8.99. The fourth-order valence-electron chi connectivity index (χ4n) is 3.54. The van der Waals surface area contributed by atoms with Crippen LogP contribution < -0.4 is 4.90 Å². The van der Waals surface area contributed by atoms with Crippen LogP contribution in [0.1, 0.15) is 25.2 Å². The van der Waals surface area contributed by atoms with Crippen molar-refractivity contribution >= 4 is 22.8 Å². The number of aromatic nitrogens is 4. The van der Waals surface area contributed by atoms with Crippen LogP contribution in [0.4, 0.5) is 11.4 Å². The maximum absolute atomic E-state index is 10.5. The van der Waals surface area contributed by atoms with E-state index in [0.29, 0.717) is 28.7 Å². The summed E-state index contributed by atoms with van der Waals surface area (Å²) in [6.07, 6.45) is 2.05. The topological polar surface area (TPSA) is 112 Å². The number of nitrogens with zero attached hydrogens (tertiary/aromatic N) is 7. The number of aliphatic hydroxyl groups excluding tert-OH is 2. The van der Waals surface area contributed by atoms with Gasteiger partial charge in [0.15, 0.2) is 6.10 Å². The van der Waals surface area contributed by atoms with E-state index in [4.69, 9.17) is 10.1 Å². The molecule has 0 saturated heterocycles. The second-order valence-corrected chi connectivity index (χ2v) is 7.12. The molecule has 9 heteroatoms. The van der Waals surface area contributed by atoms with Gasteiger partial charge in [-0.2, -0.15) is 9.78 Å². The third kappa shape index (κ3) is 3.84. The third-order valence-electron chi connectivity index (χ3n) is 5.20. The molecule has 1 aromatic carbocycles. The summed E-state index contributed by atoms with van der Waals surface area (Å²) in [5.41, 5.74) is 3.90. The van der Waals surface area contributed by atoms with Gasteiger partial charge in [-0.3, -0.25) is 4.98 Å². The number of anilines is 1. The van der Waals surface area contributed by atoms with Gasteiger partial charge in [0, 0.05) is 25.0 Å². The molecule has 0 saturated carbocycles. The molecule has 162 valence electrons. The number of aliphatic imine (C=N–C) groups is 1. The Hall–Kier alpha value is -4.03. The molecule has 3 heterocycles. The smallest absolute Gasteiger partial charge is 0.205 e. The zero-order chi connectivity index (χ0) is 22.7. The van der Waals surface area contributed by atoms with Gasteiger partial charge >= 0.3 is 0 Å². The summed E-state index contributed by atoms with van der Waals surface area (Å²) in [7, 11) is 0. The summed E-state index contributed by atoms with van der Waals surface area (Å²) in [6, 6.07) is 11.5. The number of pyridine rings is 1. The SMILES string of the molecule is CCN(CC)c1ccc(N=C2C(C(O)C#CO)=Nn3c2nnc3-c2ccccn2)c(C)c1. The van der Waals surface area contributed by atoms with Gasteiger partial charge in [0.2, 0.25) is 11.6 Å². The van der Waals surface area contributed by atoms with Gasteiger partial charge in [0.1, 0.15) is 23.2 Å². The number of benzene rings is 1. The van der Waals surface area contributed by atoms with Gasteiger partial charge < -0.3 is 15.1 Å². The van der Waals surface area contributed by atoms with Crippen LogP contribution in [0.15, 0.2) is 52.7 Å². The molecule has 0 amide bonds. The van der Waals surface area contributed by atoms with Gasteiger partial charge in [0.05, 0.1) is 5.69 Å². The maximum Gasteiger partial charge on any atom is 0.205 e. The quantitative estimate of drug-likeness (QED) is 0.583. The van der Waals surface area contributed by atoms with Crippen LogP contribution in [0.25, 0.3) is 11.5 Å². The summed E-state index contributed by atoms with van der Waals surface area (Å²) in [5.74, 6) is 3.09. The second-order valence-electron chi connectivity index (χ2n) is 7.12. The molecule has 0 aliphatic carbocycles. The van der Waals surface area contributed by atoms with Crippen LogP contribution in [0.3, 0.4) is 0 Å². The summed E-state index contributed by atoms with van der Waals surface area (Å²) in [4.78, 5) is 11.3. The minimum absolute atomic E-state index is 0.181. The predicted octanol–water partition coefficient (Wildman–Crippen LogP) is 2.53. The predicted molar refractivity (Wildman–Crippen MR) is 123 cm³/mol. The molecule has 2 aromatic heterocycles. The van der Waals surface area contributed by atoms with E-state index in [-0.39, 0.29) is 5.71 Å². The zero-order valence-corrected chi connectivity index (χ0v) is 18.1. The van der Waals surface area contributed by atoms with Gasteiger partial charge in [-0.25, -0.2) is 4.99 Å². The van der Waals surface area contributed by atoms with E-state index in [1.165, 1.54) is 4.68 Å². The van der Waals surface area contributed by atoms with Gasteiger partial charge in [0.25, 0.3) is 0 Å². The van der Waals surface area contributed by atoms with E-state index in [2.05, 4.69) is 51.0 Å². The molecule has 9 nitrogen and oxygen atoms in total. The van der Waals surface area contributed by atoms with E-state index >= 15 is 0 Å². The Labute approximate surface area is 185 Å². The van der Waals surface area contributed by atoms with Crippen molar-refractivity contribution in [3.8, 4) is 23.5 Å². The highest BCUT2D eigenvalue weighted by molar-refractivity contribution is 6.51. The summed E-state index contributed by atoms with van der Waals surface area (Å²) in [6.45, 7) is 8.03. The number of hydrogen-bond acceptors (Lipinski definition) is 8. The van der Waals surface area contributed by atoms with Crippen molar-refractivity contribution in [2.45, 2.75) is 26.9 Å². The first-order chi connectivity index (χ1) is 15.6. The number of aliphatic hydroxyl groups is 2. The molecule has 1 atom stereocenters. The van der Waals surface area contributed by atoms with Gasteiger partial charge in [-0.15, -0.1) is 10.2 Å². The Bertz CT molecular complexity index is 1250. The van der Waals surface area contributed by atoms with Crippen molar-refractivity contribution in [2.24, 2.45) is 10.1 Å². The summed E-state index contributed by atoms with van der Waals surface area (Å²) < 4.78 is 1.48. The lowest BCUT2D eigenvalue weighted by Gasteiger charge is -2.21.